The predicted molar refractivity (Wildman–Crippen MR) is 64.7 cm³/mol. The Bertz CT molecular complexity index is 296. The summed E-state index contributed by atoms with van der Waals surface area (Å²) in [6.07, 6.45) is 2.48. The van der Waals surface area contributed by atoms with E-state index in [4.69, 9.17) is 5.11 Å². The first kappa shape index (κ1) is 14.0. The fraction of sp³-hybridized carbons (Fsp3) is 0.833. The maximum atomic E-state index is 12.1. The van der Waals surface area contributed by atoms with Crippen LogP contribution in [0.25, 0.3) is 0 Å². The van der Waals surface area contributed by atoms with E-state index in [1.165, 1.54) is 4.90 Å². The number of carbonyl (C=O) groups excluding carboxylic acids is 1. The Morgan fingerprint density at radius 2 is 2.12 bits per heavy atom. The van der Waals surface area contributed by atoms with Crippen LogP contribution in [-0.2, 0) is 9.59 Å². The molecule has 0 aliphatic carbocycles. The van der Waals surface area contributed by atoms with Crippen molar-refractivity contribution in [3.05, 3.63) is 0 Å². The topological polar surface area (TPSA) is 69.6 Å². The molecule has 5 heteroatoms. The van der Waals surface area contributed by atoms with Crippen molar-refractivity contribution in [1.82, 2.24) is 10.2 Å². The number of carboxylic acid groups (broad SMARTS) is 1. The molecule has 0 spiro atoms. The fourth-order valence-electron chi connectivity index (χ4n) is 2.25. The predicted octanol–water partition coefficient (Wildman–Crippen LogP) is 0.840. The van der Waals surface area contributed by atoms with Gasteiger partial charge in [-0.05, 0) is 40.2 Å². The second kappa shape index (κ2) is 5.49. The molecule has 1 aliphatic heterocycles. The van der Waals surface area contributed by atoms with E-state index in [9.17, 15) is 9.59 Å². The Kier molecular flexibility index (Phi) is 4.51. The first-order valence-corrected chi connectivity index (χ1v) is 6.16. The van der Waals surface area contributed by atoms with Crippen LogP contribution in [0, 0.1) is 0 Å². The van der Waals surface area contributed by atoms with Crippen LogP contribution >= 0.6 is 0 Å². The van der Waals surface area contributed by atoms with Gasteiger partial charge in [0.15, 0.2) is 0 Å². The van der Waals surface area contributed by atoms with Crippen molar-refractivity contribution in [3.63, 3.8) is 0 Å². The molecular weight excluding hydrogens is 220 g/mol. The van der Waals surface area contributed by atoms with E-state index in [0.717, 1.165) is 19.4 Å². The van der Waals surface area contributed by atoms with Crippen LogP contribution < -0.4 is 5.32 Å². The minimum atomic E-state index is -1.13. The lowest BCUT2D eigenvalue weighted by Gasteiger charge is -2.35. The van der Waals surface area contributed by atoms with Gasteiger partial charge in [0.1, 0.15) is 5.54 Å². The van der Waals surface area contributed by atoms with Crippen LogP contribution in [0.5, 0.6) is 0 Å². The molecule has 1 fully saturated rings. The number of carbonyl (C=O) groups is 2. The van der Waals surface area contributed by atoms with Gasteiger partial charge in [-0.25, -0.2) is 4.79 Å². The van der Waals surface area contributed by atoms with Crippen molar-refractivity contribution in [1.29, 1.82) is 0 Å². The summed E-state index contributed by atoms with van der Waals surface area (Å²) in [5, 5.41) is 12.4. The molecule has 0 radical (unpaired) electrons. The molecule has 17 heavy (non-hydrogen) atoms. The fourth-order valence-corrected chi connectivity index (χ4v) is 2.25. The number of likely N-dealkylation sites (N-methyl/N-ethyl adjacent to an activating group) is 1. The van der Waals surface area contributed by atoms with Crippen LogP contribution in [0.1, 0.15) is 40.0 Å². The zero-order chi connectivity index (χ0) is 13.1. The van der Waals surface area contributed by atoms with E-state index in [-0.39, 0.29) is 11.9 Å². The third-order valence-electron chi connectivity index (χ3n) is 3.40. The molecule has 0 aromatic carbocycles. The lowest BCUT2D eigenvalue weighted by Crippen LogP contribution is -2.53. The van der Waals surface area contributed by atoms with E-state index < -0.39 is 11.5 Å². The molecule has 2 N–H and O–H groups in total. The monoisotopic (exact) mass is 242 g/mol. The van der Waals surface area contributed by atoms with Crippen molar-refractivity contribution in [2.24, 2.45) is 0 Å². The summed E-state index contributed by atoms with van der Waals surface area (Å²) in [5.41, 5.74) is -1.13. The number of hydrogen-bond donors (Lipinski definition) is 2. The molecule has 1 unspecified atom stereocenters. The normalized spacial score (nSPS) is 20.3. The highest BCUT2D eigenvalue weighted by molar-refractivity contribution is 5.86. The van der Waals surface area contributed by atoms with Gasteiger partial charge in [-0.1, -0.05) is 0 Å². The highest BCUT2D eigenvalue weighted by atomic mass is 16.4. The van der Waals surface area contributed by atoms with E-state index in [2.05, 4.69) is 5.32 Å². The van der Waals surface area contributed by atoms with Crippen molar-refractivity contribution in [2.45, 2.75) is 51.6 Å². The average Bonchev–Trinajstić information content (AvgIpc) is 2.70. The SMILES string of the molecule is CCN(C(=O)CC1CCCN1)C(C)(C)C(=O)O. The molecule has 1 amide bonds. The number of rotatable bonds is 5. The summed E-state index contributed by atoms with van der Waals surface area (Å²) in [5.74, 6) is -1.05. The van der Waals surface area contributed by atoms with Gasteiger partial charge in [0.05, 0.1) is 0 Å². The summed E-state index contributed by atoms with van der Waals surface area (Å²) < 4.78 is 0. The summed E-state index contributed by atoms with van der Waals surface area (Å²) >= 11 is 0. The van der Waals surface area contributed by atoms with Crippen LogP contribution in [0.3, 0.4) is 0 Å². The molecular formula is C12H22N2O3. The molecule has 0 bridgehead atoms. The number of aliphatic carboxylic acids is 1. The third-order valence-corrected chi connectivity index (χ3v) is 3.40. The molecule has 1 saturated heterocycles. The third kappa shape index (κ3) is 3.19. The quantitative estimate of drug-likeness (QED) is 0.749. The Morgan fingerprint density at radius 1 is 1.47 bits per heavy atom. The number of amides is 1. The molecule has 1 atom stereocenters. The van der Waals surface area contributed by atoms with Crippen LogP contribution in [-0.4, -0.2) is 46.6 Å². The van der Waals surface area contributed by atoms with Gasteiger partial charge in [0.25, 0.3) is 0 Å². The maximum Gasteiger partial charge on any atom is 0.329 e. The molecule has 0 aromatic rings. The first-order valence-electron chi connectivity index (χ1n) is 6.16. The van der Waals surface area contributed by atoms with Crippen LogP contribution in [0.4, 0.5) is 0 Å². The van der Waals surface area contributed by atoms with Gasteiger partial charge in [-0.2, -0.15) is 0 Å². The van der Waals surface area contributed by atoms with Gasteiger partial charge < -0.3 is 15.3 Å². The highest BCUT2D eigenvalue weighted by Gasteiger charge is 2.37. The lowest BCUT2D eigenvalue weighted by molar-refractivity contribution is -0.156. The second-order valence-corrected chi connectivity index (χ2v) is 5.00. The number of nitrogens with one attached hydrogen (secondary N) is 1. The lowest BCUT2D eigenvalue weighted by atomic mass is 10.0. The molecule has 0 saturated carbocycles. The first-order chi connectivity index (χ1) is 7.89. The second-order valence-electron chi connectivity index (χ2n) is 5.00. The van der Waals surface area contributed by atoms with Crippen molar-refractivity contribution in [3.8, 4) is 0 Å². The zero-order valence-electron chi connectivity index (χ0n) is 10.8. The van der Waals surface area contributed by atoms with Crippen molar-refractivity contribution >= 4 is 11.9 Å². The molecule has 98 valence electrons. The minimum Gasteiger partial charge on any atom is -0.480 e. The van der Waals surface area contributed by atoms with Crippen molar-refractivity contribution < 1.29 is 14.7 Å². The zero-order valence-corrected chi connectivity index (χ0v) is 10.8. The van der Waals surface area contributed by atoms with Gasteiger partial charge in [-0.15, -0.1) is 0 Å². The number of nitrogens with zero attached hydrogens (tertiary/aromatic N) is 1. The number of hydrogen-bond acceptors (Lipinski definition) is 3. The van der Waals surface area contributed by atoms with Gasteiger partial charge in [0.2, 0.25) is 5.91 Å². The molecule has 1 rings (SSSR count). The van der Waals surface area contributed by atoms with Crippen LogP contribution in [0.15, 0.2) is 0 Å². The minimum absolute atomic E-state index is 0.0840. The standard InChI is InChI=1S/C12H22N2O3/c1-4-14(12(2,3)11(16)17)10(15)8-9-6-5-7-13-9/h9,13H,4-8H2,1-3H3,(H,16,17). The van der Waals surface area contributed by atoms with Gasteiger partial charge in [-0.3, -0.25) is 4.79 Å². The smallest absolute Gasteiger partial charge is 0.329 e. The Balaban J connectivity index is 2.66. The Labute approximate surface area is 102 Å². The largest absolute Gasteiger partial charge is 0.480 e. The number of carboxylic acids is 1. The van der Waals surface area contributed by atoms with E-state index in [1.807, 2.05) is 6.92 Å². The van der Waals surface area contributed by atoms with E-state index in [0.29, 0.717) is 13.0 Å². The highest BCUT2D eigenvalue weighted by Crippen LogP contribution is 2.18. The van der Waals surface area contributed by atoms with E-state index >= 15 is 0 Å². The summed E-state index contributed by atoms with van der Waals surface area (Å²) in [7, 11) is 0. The average molecular weight is 242 g/mol. The van der Waals surface area contributed by atoms with Gasteiger partial charge >= 0.3 is 5.97 Å². The van der Waals surface area contributed by atoms with Crippen LogP contribution in [0.2, 0.25) is 0 Å². The molecule has 1 aliphatic rings. The summed E-state index contributed by atoms with van der Waals surface area (Å²) in [6, 6.07) is 0.209. The molecule has 5 nitrogen and oxygen atoms in total. The Hall–Kier alpha value is -1.10. The van der Waals surface area contributed by atoms with Crippen molar-refractivity contribution in [2.75, 3.05) is 13.1 Å². The van der Waals surface area contributed by atoms with E-state index in [1.54, 1.807) is 13.8 Å². The molecule has 1 heterocycles. The summed E-state index contributed by atoms with van der Waals surface area (Å²) in [6.45, 7) is 6.32. The Morgan fingerprint density at radius 3 is 2.53 bits per heavy atom. The summed E-state index contributed by atoms with van der Waals surface area (Å²) in [4.78, 5) is 24.7. The molecule has 0 aromatic heterocycles. The van der Waals surface area contributed by atoms with Gasteiger partial charge in [0, 0.05) is 19.0 Å². The maximum absolute atomic E-state index is 12.1.